The first-order valence-corrected chi connectivity index (χ1v) is 4.92. The minimum absolute atomic E-state index is 0.144. The number of hydrogen-bond acceptors (Lipinski definition) is 2. The number of nitrogens with one attached hydrogen (secondary N) is 1. The third kappa shape index (κ3) is 3.82. The standard InChI is InChI=1S/C11H12F2N2O2/c1-6(11(14)17)15-10(16)5-7-2-3-8(12)9(13)4-7/h2-4,6H,5H2,1H3,(H2,14,17)(H,15,16)/t6-/m0/s1. The van der Waals surface area contributed by atoms with Gasteiger partial charge < -0.3 is 11.1 Å². The molecule has 1 aromatic rings. The van der Waals surface area contributed by atoms with Gasteiger partial charge in [0.05, 0.1) is 6.42 Å². The summed E-state index contributed by atoms with van der Waals surface area (Å²) in [4.78, 5) is 22.1. The summed E-state index contributed by atoms with van der Waals surface area (Å²) >= 11 is 0. The van der Waals surface area contributed by atoms with Crippen LogP contribution in [-0.4, -0.2) is 17.9 Å². The Morgan fingerprint density at radius 1 is 1.35 bits per heavy atom. The molecule has 0 unspecified atom stereocenters. The lowest BCUT2D eigenvalue weighted by molar-refractivity contribution is -0.126. The largest absolute Gasteiger partial charge is 0.368 e. The average Bonchev–Trinajstić information content (AvgIpc) is 2.23. The van der Waals surface area contributed by atoms with Crippen molar-refractivity contribution < 1.29 is 18.4 Å². The van der Waals surface area contributed by atoms with Crippen molar-refractivity contribution in [1.82, 2.24) is 5.32 Å². The van der Waals surface area contributed by atoms with Crippen LogP contribution < -0.4 is 11.1 Å². The third-order valence-electron chi connectivity index (χ3n) is 2.15. The van der Waals surface area contributed by atoms with Gasteiger partial charge in [-0.3, -0.25) is 9.59 Å². The van der Waals surface area contributed by atoms with Gasteiger partial charge in [0.15, 0.2) is 11.6 Å². The van der Waals surface area contributed by atoms with Crippen LogP contribution in [0.4, 0.5) is 8.78 Å². The van der Waals surface area contributed by atoms with Crippen LogP contribution in [0.5, 0.6) is 0 Å². The molecule has 0 aromatic heterocycles. The molecule has 2 amide bonds. The number of carbonyl (C=O) groups is 2. The third-order valence-corrected chi connectivity index (χ3v) is 2.15. The number of nitrogens with two attached hydrogens (primary N) is 1. The second-order valence-corrected chi connectivity index (χ2v) is 3.62. The smallest absolute Gasteiger partial charge is 0.239 e. The lowest BCUT2D eigenvalue weighted by Crippen LogP contribution is -2.42. The summed E-state index contributed by atoms with van der Waals surface area (Å²) in [5.41, 5.74) is 5.28. The highest BCUT2D eigenvalue weighted by Crippen LogP contribution is 2.09. The van der Waals surface area contributed by atoms with Gasteiger partial charge in [0.1, 0.15) is 6.04 Å². The van der Waals surface area contributed by atoms with Gasteiger partial charge in [-0.05, 0) is 24.6 Å². The van der Waals surface area contributed by atoms with E-state index in [9.17, 15) is 18.4 Å². The number of hydrogen-bond donors (Lipinski definition) is 2. The van der Waals surface area contributed by atoms with Gasteiger partial charge in [-0.2, -0.15) is 0 Å². The number of rotatable bonds is 4. The first-order chi connectivity index (χ1) is 7.90. The van der Waals surface area contributed by atoms with E-state index < -0.39 is 29.5 Å². The fourth-order valence-electron chi connectivity index (χ4n) is 1.20. The maximum absolute atomic E-state index is 12.8. The first kappa shape index (κ1) is 13.1. The fraction of sp³-hybridized carbons (Fsp3) is 0.273. The van der Waals surface area contributed by atoms with E-state index in [1.807, 2.05) is 0 Å². The summed E-state index contributed by atoms with van der Waals surface area (Å²) in [7, 11) is 0. The van der Waals surface area contributed by atoms with Crippen molar-refractivity contribution in [3.05, 3.63) is 35.4 Å². The lowest BCUT2D eigenvalue weighted by atomic mass is 10.1. The van der Waals surface area contributed by atoms with Crippen molar-refractivity contribution in [1.29, 1.82) is 0 Å². The Hall–Kier alpha value is -1.98. The van der Waals surface area contributed by atoms with Gasteiger partial charge in [-0.25, -0.2) is 8.78 Å². The summed E-state index contributed by atoms with van der Waals surface area (Å²) in [6, 6.07) is 2.37. The van der Waals surface area contributed by atoms with Gasteiger partial charge in [0, 0.05) is 0 Å². The Balaban J connectivity index is 2.62. The Bertz CT molecular complexity index is 449. The summed E-state index contributed by atoms with van der Waals surface area (Å²) in [5, 5.41) is 2.33. The van der Waals surface area contributed by atoms with E-state index in [1.165, 1.54) is 13.0 Å². The van der Waals surface area contributed by atoms with Crippen molar-refractivity contribution >= 4 is 11.8 Å². The second kappa shape index (κ2) is 5.38. The Kier molecular flexibility index (Phi) is 4.14. The van der Waals surface area contributed by atoms with Gasteiger partial charge in [-0.15, -0.1) is 0 Å². The normalized spacial score (nSPS) is 11.9. The molecule has 0 heterocycles. The number of carbonyl (C=O) groups excluding carboxylic acids is 2. The molecule has 4 nitrogen and oxygen atoms in total. The molecule has 0 aliphatic carbocycles. The minimum Gasteiger partial charge on any atom is -0.368 e. The van der Waals surface area contributed by atoms with Crippen LogP contribution in [0.1, 0.15) is 12.5 Å². The number of primary amides is 1. The molecule has 0 fully saturated rings. The zero-order valence-electron chi connectivity index (χ0n) is 9.17. The quantitative estimate of drug-likeness (QED) is 0.806. The number of halogens is 2. The summed E-state index contributed by atoms with van der Waals surface area (Å²) < 4.78 is 25.5. The van der Waals surface area contributed by atoms with E-state index in [1.54, 1.807) is 0 Å². The predicted octanol–water partition coefficient (Wildman–Crippen LogP) is 0.497. The number of amides is 2. The molecule has 3 N–H and O–H groups in total. The topological polar surface area (TPSA) is 72.2 Å². The van der Waals surface area contributed by atoms with Crippen molar-refractivity contribution in [2.75, 3.05) is 0 Å². The fourth-order valence-corrected chi connectivity index (χ4v) is 1.20. The van der Waals surface area contributed by atoms with Crippen molar-refractivity contribution in [3.63, 3.8) is 0 Å². The van der Waals surface area contributed by atoms with Crippen LogP contribution in [0.15, 0.2) is 18.2 Å². The molecule has 0 bridgehead atoms. The van der Waals surface area contributed by atoms with Crippen LogP contribution in [-0.2, 0) is 16.0 Å². The molecule has 1 atom stereocenters. The Morgan fingerprint density at radius 2 is 2.00 bits per heavy atom. The summed E-state index contributed by atoms with van der Waals surface area (Å²) in [6.45, 7) is 1.44. The average molecular weight is 242 g/mol. The van der Waals surface area contributed by atoms with Crippen molar-refractivity contribution in [2.24, 2.45) is 5.73 Å². The van der Waals surface area contributed by atoms with E-state index >= 15 is 0 Å². The van der Waals surface area contributed by atoms with Crippen LogP contribution >= 0.6 is 0 Å². The van der Waals surface area contributed by atoms with E-state index in [0.717, 1.165) is 12.1 Å². The molecule has 0 saturated heterocycles. The van der Waals surface area contributed by atoms with Crippen molar-refractivity contribution in [3.8, 4) is 0 Å². The Morgan fingerprint density at radius 3 is 2.53 bits per heavy atom. The molecule has 6 heteroatoms. The molecule has 17 heavy (non-hydrogen) atoms. The van der Waals surface area contributed by atoms with Crippen LogP contribution in [0, 0.1) is 11.6 Å². The highest BCUT2D eigenvalue weighted by molar-refractivity contribution is 5.87. The van der Waals surface area contributed by atoms with Gasteiger partial charge >= 0.3 is 0 Å². The minimum atomic E-state index is -1.02. The zero-order valence-corrected chi connectivity index (χ0v) is 9.17. The van der Waals surface area contributed by atoms with E-state index in [4.69, 9.17) is 5.73 Å². The van der Waals surface area contributed by atoms with Crippen molar-refractivity contribution in [2.45, 2.75) is 19.4 Å². The molecular weight excluding hydrogens is 230 g/mol. The van der Waals surface area contributed by atoms with E-state index in [2.05, 4.69) is 5.32 Å². The highest BCUT2D eigenvalue weighted by atomic mass is 19.2. The SMILES string of the molecule is C[C@H](NC(=O)Cc1ccc(F)c(F)c1)C(N)=O. The van der Waals surface area contributed by atoms with Crippen LogP contribution in [0.2, 0.25) is 0 Å². The molecule has 0 aliphatic rings. The second-order valence-electron chi connectivity index (χ2n) is 3.62. The summed E-state index contributed by atoms with van der Waals surface area (Å²) in [5.74, 6) is -3.14. The molecular formula is C11H12F2N2O2. The highest BCUT2D eigenvalue weighted by Gasteiger charge is 2.13. The molecule has 1 rings (SSSR count). The molecule has 0 spiro atoms. The molecule has 0 radical (unpaired) electrons. The maximum atomic E-state index is 12.8. The molecule has 1 aromatic carbocycles. The lowest BCUT2D eigenvalue weighted by Gasteiger charge is -2.10. The van der Waals surface area contributed by atoms with Crippen LogP contribution in [0.3, 0.4) is 0 Å². The van der Waals surface area contributed by atoms with E-state index in [-0.39, 0.29) is 6.42 Å². The monoisotopic (exact) mass is 242 g/mol. The first-order valence-electron chi connectivity index (χ1n) is 4.92. The Labute approximate surface area is 96.8 Å². The van der Waals surface area contributed by atoms with E-state index in [0.29, 0.717) is 5.56 Å². The van der Waals surface area contributed by atoms with Gasteiger partial charge in [0.2, 0.25) is 11.8 Å². The maximum Gasteiger partial charge on any atom is 0.239 e. The molecule has 92 valence electrons. The predicted molar refractivity (Wildman–Crippen MR) is 56.9 cm³/mol. The zero-order chi connectivity index (χ0) is 13.0. The number of benzene rings is 1. The van der Waals surface area contributed by atoms with Gasteiger partial charge in [-0.1, -0.05) is 6.07 Å². The molecule has 0 aliphatic heterocycles. The van der Waals surface area contributed by atoms with Gasteiger partial charge in [0.25, 0.3) is 0 Å². The summed E-state index contributed by atoms with van der Waals surface area (Å²) in [6.07, 6.45) is -0.144. The molecule has 0 saturated carbocycles. The van der Waals surface area contributed by atoms with Crippen LogP contribution in [0.25, 0.3) is 0 Å².